The molecule has 5 rings (SSSR count). The van der Waals surface area contributed by atoms with Crippen molar-refractivity contribution in [1.29, 1.82) is 0 Å². The summed E-state index contributed by atoms with van der Waals surface area (Å²) in [4.78, 5) is 36.4. The number of phenols is 2. The number of phosphoric acid groups is 1. The average Bonchev–Trinajstić information content (AvgIpc) is 3.33. The highest BCUT2D eigenvalue weighted by Crippen LogP contribution is 2.59. The van der Waals surface area contributed by atoms with Crippen molar-refractivity contribution in [3.8, 4) is 23.0 Å². The van der Waals surface area contributed by atoms with E-state index in [0.717, 1.165) is 32.1 Å². The van der Waals surface area contributed by atoms with E-state index >= 15 is 0 Å². The minimum atomic E-state index is -4.08. The molecule has 12 heteroatoms. The topological polar surface area (TPSA) is 161 Å². The first-order chi connectivity index (χ1) is 22.5. The Labute approximate surface area is 275 Å². The molecule has 4 N–H and O–H groups in total. The molecule has 2 heterocycles. The lowest BCUT2D eigenvalue weighted by molar-refractivity contribution is -0.145. The second-order valence-electron chi connectivity index (χ2n) is 12.5. The number of hydrogen-bond acceptors (Lipinski definition) is 9. The number of esters is 1. The van der Waals surface area contributed by atoms with E-state index in [1.165, 1.54) is 24.3 Å². The van der Waals surface area contributed by atoms with Gasteiger partial charge in [-0.2, -0.15) is 0 Å². The van der Waals surface area contributed by atoms with Gasteiger partial charge in [0.15, 0.2) is 5.60 Å². The van der Waals surface area contributed by atoms with Crippen molar-refractivity contribution in [2.24, 2.45) is 11.8 Å². The van der Waals surface area contributed by atoms with Crippen LogP contribution >= 0.6 is 7.82 Å². The summed E-state index contributed by atoms with van der Waals surface area (Å²) >= 11 is 0. The number of phosphoric ester groups is 1. The van der Waals surface area contributed by atoms with Gasteiger partial charge in [0.1, 0.15) is 23.0 Å². The van der Waals surface area contributed by atoms with Gasteiger partial charge in [-0.05, 0) is 79.9 Å². The average molecular weight is 670 g/mol. The smallest absolute Gasteiger partial charge is 0.472 e. The molecule has 0 radical (unpaired) electrons. The van der Waals surface area contributed by atoms with Gasteiger partial charge in [-0.15, -0.1) is 0 Å². The third kappa shape index (κ3) is 7.59. The van der Waals surface area contributed by atoms with Crippen LogP contribution < -0.4 is 10.1 Å². The summed E-state index contributed by atoms with van der Waals surface area (Å²) in [6, 6.07) is 9.22. The van der Waals surface area contributed by atoms with Crippen LogP contribution in [0.3, 0.4) is 0 Å². The molecule has 1 aliphatic carbocycles. The van der Waals surface area contributed by atoms with Crippen molar-refractivity contribution >= 4 is 19.7 Å². The van der Waals surface area contributed by atoms with Crippen molar-refractivity contribution in [2.45, 2.75) is 77.7 Å². The zero-order valence-electron chi connectivity index (χ0n) is 27.1. The largest absolute Gasteiger partial charge is 0.508 e. The molecular weight excluding hydrogens is 625 g/mol. The maximum Gasteiger partial charge on any atom is 0.472 e. The lowest BCUT2D eigenvalue weighted by Gasteiger charge is -2.38. The van der Waals surface area contributed by atoms with E-state index in [9.17, 15) is 29.3 Å². The van der Waals surface area contributed by atoms with E-state index in [0.29, 0.717) is 71.1 Å². The van der Waals surface area contributed by atoms with Crippen molar-refractivity contribution in [3.63, 3.8) is 0 Å². The van der Waals surface area contributed by atoms with Crippen molar-refractivity contribution in [3.05, 3.63) is 70.3 Å². The quantitative estimate of drug-likeness (QED) is 0.0892. The van der Waals surface area contributed by atoms with E-state index in [1.54, 1.807) is 18.2 Å². The third-order valence-electron chi connectivity index (χ3n) is 9.25. The SMILES string of the molecule is CCC(CC)CCOP(=O)(O)OCC(C)CCCCNC(=O)C1=CC2=C(CC1)C1(OC2=O)c2ccc(O)cc2Oc2cc(O)ccc21. The maximum atomic E-state index is 13.3. The number of ether oxygens (including phenoxy) is 2. The summed E-state index contributed by atoms with van der Waals surface area (Å²) in [7, 11) is -4.08. The fourth-order valence-corrected chi connectivity index (χ4v) is 7.34. The molecule has 3 aliphatic rings. The summed E-state index contributed by atoms with van der Waals surface area (Å²) < 4.78 is 34.6. The molecule has 11 nitrogen and oxygen atoms in total. The Hall–Kier alpha value is -3.63. The van der Waals surface area contributed by atoms with Gasteiger partial charge in [0.25, 0.3) is 0 Å². The molecular formula is C35H44NO10P. The highest BCUT2D eigenvalue weighted by atomic mass is 31.2. The molecule has 2 unspecified atom stereocenters. The number of carbonyl (C=O) groups excluding carboxylic acids is 2. The Morgan fingerprint density at radius 2 is 1.66 bits per heavy atom. The van der Waals surface area contributed by atoms with Gasteiger partial charge in [-0.25, -0.2) is 9.36 Å². The number of unbranched alkanes of at least 4 members (excludes halogenated alkanes) is 1. The van der Waals surface area contributed by atoms with Crippen LogP contribution in [0.5, 0.6) is 23.0 Å². The number of carbonyl (C=O) groups is 2. The predicted octanol–water partition coefficient (Wildman–Crippen LogP) is 6.90. The number of hydrogen-bond donors (Lipinski definition) is 4. The van der Waals surface area contributed by atoms with E-state index in [2.05, 4.69) is 19.2 Å². The number of amides is 1. The molecule has 0 fully saturated rings. The zero-order valence-corrected chi connectivity index (χ0v) is 28.0. The predicted molar refractivity (Wildman–Crippen MR) is 174 cm³/mol. The van der Waals surface area contributed by atoms with Gasteiger partial charge in [0.05, 0.1) is 18.8 Å². The van der Waals surface area contributed by atoms with Crippen molar-refractivity contribution < 1.29 is 47.8 Å². The van der Waals surface area contributed by atoms with Crippen LogP contribution in [-0.4, -0.2) is 46.7 Å². The van der Waals surface area contributed by atoms with Crippen LogP contribution in [-0.2, 0) is 33.5 Å². The molecule has 2 aromatic carbocycles. The van der Waals surface area contributed by atoms with Gasteiger partial charge in [0, 0.05) is 35.4 Å². The second-order valence-corrected chi connectivity index (χ2v) is 14.0. The van der Waals surface area contributed by atoms with Crippen LogP contribution in [0.15, 0.2) is 59.2 Å². The Kier molecular flexibility index (Phi) is 10.8. The Balaban J connectivity index is 1.15. The summed E-state index contributed by atoms with van der Waals surface area (Å²) in [5.41, 5.74) is 1.29. The number of fused-ring (bicyclic) bond motifs is 5. The highest BCUT2D eigenvalue weighted by Gasteiger charge is 2.55. The molecule has 2 aromatic rings. The molecule has 0 saturated carbocycles. The monoisotopic (exact) mass is 669 g/mol. The van der Waals surface area contributed by atoms with E-state index < -0.39 is 19.4 Å². The van der Waals surface area contributed by atoms with Gasteiger partial charge in [-0.3, -0.25) is 13.8 Å². The Bertz CT molecular complexity index is 1560. The van der Waals surface area contributed by atoms with Gasteiger partial charge < -0.3 is 29.9 Å². The lowest BCUT2D eigenvalue weighted by Crippen LogP contribution is -2.34. The first kappa shape index (κ1) is 34.7. The summed E-state index contributed by atoms with van der Waals surface area (Å²) in [6.45, 7) is 6.86. The van der Waals surface area contributed by atoms with Crippen LogP contribution in [0.1, 0.15) is 83.3 Å². The minimum absolute atomic E-state index is 0.0184. The number of benzene rings is 2. The normalized spacial score (nSPS) is 18.1. The second kappa shape index (κ2) is 14.6. The summed E-state index contributed by atoms with van der Waals surface area (Å²) in [5.74, 6) is 0.265. The molecule has 0 saturated heterocycles. The van der Waals surface area contributed by atoms with Crippen LogP contribution in [0.25, 0.3) is 0 Å². The van der Waals surface area contributed by atoms with E-state index in [4.69, 9.17) is 18.5 Å². The third-order valence-corrected chi connectivity index (χ3v) is 10.2. The summed E-state index contributed by atoms with van der Waals surface area (Å²) in [5, 5.41) is 23.2. The van der Waals surface area contributed by atoms with Crippen molar-refractivity contribution in [1.82, 2.24) is 5.32 Å². The number of rotatable bonds is 15. The van der Waals surface area contributed by atoms with E-state index in [-0.39, 0.29) is 36.5 Å². The minimum Gasteiger partial charge on any atom is -0.508 e. The number of nitrogens with one attached hydrogen (secondary N) is 1. The number of aromatic hydroxyl groups is 2. The van der Waals surface area contributed by atoms with Crippen LogP contribution in [0.2, 0.25) is 0 Å². The molecule has 1 amide bonds. The highest BCUT2D eigenvalue weighted by molar-refractivity contribution is 7.47. The molecule has 0 bridgehead atoms. The first-order valence-electron chi connectivity index (χ1n) is 16.4. The molecule has 2 atom stereocenters. The number of phenolic OH excluding ortho intramolecular Hbond substituents is 2. The lowest BCUT2D eigenvalue weighted by atomic mass is 9.73. The Morgan fingerprint density at radius 3 is 2.30 bits per heavy atom. The maximum absolute atomic E-state index is 13.3. The van der Waals surface area contributed by atoms with Crippen LogP contribution in [0.4, 0.5) is 0 Å². The van der Waals surface area contributed by atoms with Crippen molar-refractivity contribution in [2.75, 3.05) is 19.8 Å². The standard InChI is InChI=1S/C35H44NO10P/c1-4-23(5-2)15-17-43-47(41,42)44-21-22(3)8-6-7-16-36-33(39)24-9-12-28-27(18-24)34(40)46-35(28)29-13-10-25(37)19-31(29)45-32-20-26(38)11-14-30(32)35/h10-11,13-14,18-20,22-23,37-38H,4-9,12,15-17,21H2,1-3H3,(H,36,39)(H,41,42). The van der Waals surface area contributed by atoms with Crippen LogP contribution in [0, 0.1) is 11.8 Å². The molecule has 254 valence electrons. The fourth-order valence-electron chi connectivity index (χ4n) is 6.49. The Morgan fingerprint density at radius 1 is 1.00 bits per heavy atom. The molecule has 47 heavy (non-hydrogen) atoms. The van der Waals surface area contributed by atoms with E-state index in [1.807, 2.05) is 6.92 Å². The molecule has 1 spiro atoms. The fraction of sp³-hybridized carbons (Fsp3) is 0.486. The zero-order chi connectivity index (χ0) is 33.8. The van der Waals surface area contributed by atoms with Gasteiger partial charge in [0.2, 0.25) is 5.91 Å². The van der Waals surface area contributed by atoms with Gasteiger partial charge >= 0.3 is 13.8 Å². The molecule has 2 aliphatic heterocycles. The first-order valence-corrected chi connectivity index (χ1v) is 17.9. The van der Waals surface area contributed by atoms with Gasteiger partial charge in [-0.1, -0.05) is 40.0 Å². The molecule has 0 aromatic heterocycles. The summed E-state index contributed by atoms with van der Waals surface area (Å²) in [6.07, 6.45) is 7.33.